The quantitative estimate of drug-likeness (QED) is 0.627. The van der Waals surface area contributed by atoms with E-state index in [2.05, 4.69) is 0 Å². The number of carbonyl (C=O) groups is 1. The van der Waals surface area contributed by atoms with E-state index >= 15 is 0 Å². The first-order valence-corrected chi connectivity index (χ1v) is 5.35. The smallest absolute Gasteiger partial charge is 0.311 e. The Morgan fingerprint density at radius 2 is 2.00 bits per heavy atom. The second kappa shape index (κ2) is 3.32. The highest BCUT2D eigenvalue weighted by atomic mass is 16.5. The molecule has 2 rings (SSSR count). The third-order valence-corrected chi connectivity index (χ3v) is 3.63. The highest BCUT2D eigenvalue weighted by Gasteiger charge is 2.51. The van der Waals surface area contributed by atoms with Gasteiger partial charge in [0, 0.05) is 0 Å². The first-order chi connectivity index (χ1) is 6.27. The Morgan fingerprint density at radius 1 is 1.38 bits per heavy atom. The van der Waals surface area contributed by atoms with Crippen LogP contribution in [0.15, 0.2) is 0 Å². The topological polar surface area (TPSA) is 26.3 Å². The van der Waals surface area contributed by atoms with Crippen LogP contribution < -0.4 is 0 Å². The number of hydrogen-bond donors (Lipinski definition) is 0. The van der Waals surface area contributed by atoms with Crippen LogP contribution in [0, 0.1) is 11.3 Å². The molecule has 2 saturated carbocycles. The average Bonchev–Trinajstić information content (AvgIpc) is 2.73. The first kappa shape index (κ1) is 9.04. The Morgan fingerprint density at radius 3 is 2.46 bits per heavy atom. The molecular weight excluding hydrogens is 164 g/mol. The maximum absolute atomic E-state index is 11.5. The van der Waals surface area contributed by atoms with Crippen molar-refractivity contribution in [1.29, 1.82) is 0 Å². The molecule has 13 heavy (non-hydrogen) atoms. The summed E-state index contributed by atoms with van der Waals surface area (Å²) in [6.45, 7) is 0. The van der Waals surface area contributed by atoms with Gasteiger partial charge in [-0.15, -0.1) is 0 Å². The summed E-state index contributed by atoms with van der Waals surface area (Å²) in [4.78, 5) is 11.5. The van der Waals surface area contributed by atoms with Gasteiger partial charge in [-0.3, -0.25) is 4.79 Å². The maximum atomic E-state index is 11.5. The number of ether oxygens (including phenoxy) is 1. The molecule has 0 heterocycles. The maximum Gasteiger partial charge on any atom is 0.311 e. The molecule has 0 N–H and O–H groups in total. The SMILES string of the molecule is COC(=O)C1(CC2CCCC2)CC1. The van der Waals surface area contributed by atoms with Crippen LogP contribution in [0.3, 0.4) is 0 Å². The van der Waals surface area contributed by atoms with Gasteiger partial charge in [0.15, 0.2) is 0 Å². The van der Waals surface area contributed by atoms with E-state index < -0.39 is 0 Å². The molecule has 0 aromatic heterocycles. The predicted molar refractivity (Wildman–Crippen MR) is 50.3 cm³/mol. The number of hydrogen-bond acceptors (Lipinski definition) is 2. The van der Waals surface area contributed by atoms with Gasteiger partial charge >= 0.3 is 5.97 Å². The number of methoxy groups -OCH3 is 1. The molecule has 0 spiro atoms. The van der Waals surface area contributed by atoms with Gasteiger partial charge in [-0.25, -0.2) is 0 Å². The normalized spacial score (nSPS) is 25.9. The second-order valence-electron chi connectivity index (χ2n) is 4.63. The Balaban J connectivity index is 1.89. The molecule has 74 valence electrons. The zero-order chi connectivity index (χ0) is 9.31. The van der Waals surface area contributed by atoms with E-state index in [9.17, 15) is 4.79 Å². The van der Waals surface area contributed by atoms with Crippen LogP contribution in [0.2, 0.25) is 0 Å². The summed E-state index contributed by atoms with van der Waals surface area (Å²) < 4.78 is 4.85. The highest BCUT2D eigenvalue weighted by Crippen LogP contribution is 2.53. The zero-order valence-corrected chi connectivity index (χ0v) is 8.34. The third-order valence-electron chi connectivity index (χ3n) is 3.63. The summed E-state index contributed by atoms with van der Waals surface area (Å²) in [7, 11) is 1.51. The van der Waals surface area contributed by atoms with Crippen LogP contribution in [-0.2, 0) is 9.53 Å². The molecule has 0 amide bonds. The predicted octanol–water partition coefficient (Wildman–Crippen LogP) is 2.52. The Bertz CT molecular complexity index is 200. The molecule has 0 unspecified atom stereocenters. The van der Waals surface area contributed by atoms with Gasteiger partial charge < -0.3 is 4.74 Å². The van der Waals surface area contributed by atoms with Crippen molar-refractivity contribution >= 4 is 5.97 Å². The summed E-state index contributed by atoms with van der Waals surface area (Å²) in [6.07, 6.45) is 8.62. The summed E-state index contributed by atoms with van der Waals surface area (Å²) in [5.74, 6) is 0.848. The van der Waals surface area contributed by atoms with Gasteiger partial charge in [0.1, 0.15) is 0 Å². The van der Waals surface area contributed by atoms with E-state index in [4.69, 9.17) is 4.74 Å². The molecule has 2 nitrogen and oxygen atoms in total. The van der Waals surface area contributed by atoms with Crippen LogP contribution in [0.5, 0.6) is 0 Å². The molecule has 0 aromatic carbocycles. The van der Waals surface area contributed by atoms with Gasteiger partial charge in [-0.1, -0.05) is 25.7 Å². The van der Waals surface area contributed by atoms with Crippen molar-refractivity contribution in [2.24, 2.45) is 11.3 Å². The number of carbonyl (C=O) groups excluding carboxylic acids is 1. The number of esters is 1. The van der Waals surface area contributed by atoms with E-state index in [-0.39, 0.29) is 11.4 Å². The van der Waals surface area contributed by atoms with Crippen LogP contribution in [-0.4, -0.2) is 13.1 Å². The number of rotatable bonds is 3. The van der Waals surface area contributed by atoms with E-state index in [1.54, 1.807) is 0 Å². The van der Waals surface area contributed by atoms with E-state index in [1.165, 1.54) is 32.8 Å². The van der Waals surface area contributed by atoms with Crippen molar-refractivity contribution in [2.45, 2.75) is 44.9 Å². The lowest BCUT2D eigenvalue weighted by Gasteiger charge is -2.16. The Hall–Kier alpha value is -0.530. The third kappa shape index (κ3) is 1.72. The minimum absolute atomic E-state index is 0.0379. The summed E-state index contributed by atoms with van der Waals surface area (Å²) in [5, 5.41) is 0. The van der Waals surface area contributed by atoms with Crippen molar-refractivity contribution in [3.63, 3.8) is 0 Å². The summed E-state index contributed by atoms with van der Waals surface area (Å²) in [6, 6.07) is 0. The van der Waals surface area contributed by atoms with E-state index in [0.29, 0.717) is 0 Å². The van der Waals surface area contributed by atoms with E-state index in [1.807, 2.05) is 0 Å². The second-order valence-corrected chi connectivity index (χ2v) is 4.63. The van der Waals surface area contributed by atoms with Gasteiger partial charge in [-0.05, 0) is 25.2 Å². The molecule has 0 atom stereocenters. The lowest BCUT2D eigenvalue weighted by molar-refractivity contribution is -0.147. The molecule has 2 fully saturated rings. The molecule has 2 heteroatoms. The van der Waals surface area contributed by atoms with Crippen molar-refractivity contribution in [1.82, 2.24) is 0 Å². The minimum atomic E-state index is -0.0379. The van der Waals surface area contributed by atoms with Gasteiger partial charge in [0.25, 0.3) is 0 Å². The van der Waals surface area contributed by atoms with Gasteiger partial charge in [-0.2, -0.15) is 0 Å². The van der Waals surface area contributed by atoms with Crippen molar-refractivity contribution in [2.75, 3.05) is 7.11 Å². The zero-order valence-electron chi connectivity index (χ0n) is 8.34. The lowest BCUT2D eigenvalue weighted by atomic mass is 9.91. The highest BCUT2D eigenvalue weighted by molar-refractivity contribution is 5.79. The van der Waals surface area contributed by atoms with Crippen molar-refractivity contribution in [3.05, 3.63) is 0 Å². The fraction of sp³-hybridized carbons (Fsp3) is 0.909. The molecule has 0 radical (unpaired) electrons. The van der Waals surface area contributed by atoms with E-state index in [0.717, 1.165) is 25.2 Å². The molecule has 2 aliphatic carbocycles. The standard InChI is InChI=1S/C11H18O2/c1-13-10(12)11(6-7-11)8-9-4-2-3-5-9/h9H,2-8H2,1H3. The minimum Gasteiger partial charge on any atom is -0.469 e. The van der Waals surface area contributed by atoms with Crippen LogP contribution >= 0.6 is 0 Å². The molecule has 2 aliphatic rings. The van der Waals surface area contributed by atoms with Crippen molar-refractivity contribution in [3.8, 4) is 0 Å². The fourth-order valence-electron chi connectivity index (χ4n) is 2.63. The Labute approximate surface area is 79.7 Å². The Kier molecular flexibility index (Phi) is 2.31. The molecule has 0 saturated heterocycles. The summed E-state index contributed by atoms with van der Waals surface area (Å²) >= 11 is 0. The molecule has 0 aliphatic heterocycles. The lowest BCUT2D eigenvalue weighted by Crippen LogP contribution is -2.20. The molecular formula is C11H18O2. The monoisotopic (exact) mass is 182 g/mol. The van der Waals surface area contributed by atoms with Gasteiger partial charge in [0.05, 0.1) is 12.5 Å². The largest absolute Gasteiger partial charge is 0.469 e. The van der Waals surface area contributed by atoms with Crippen LogP contribution in [0.25, 0.3) is 0 Å². The van der Waals surface area contributed by atoms with Crippen LogP contribution in [0.4, 0.5) is 0 Å². The first-order valence-electron chi connectivity index (χ1n) is 5.35. The summed E-state index contributed by atoms with van der Waals surface area (Å²) in [5.41, 5.74) is -0.0379. The molecule has 0 bridgehead atoms. The van der Waals surface area contributed by atoms with Crippen LogP contribution in [0.1, 0.15) is 44.9 Å². The fourth-order valence-corrected chi connectivity index (χ4v) is 2.63. The van der Waals surface area contributed by atoms with Crippen molar-refractivity contribution < 1.29 is 9.53 Å². The average molecular weight is 182 g/mol. The van der Waals surface area contributed by atoms with Gasteiger partial charge in [0.2, 0.25) is 0 Å². The molecule has 0 aromatic rings.